The van der Waals surface area contributed by atoms with Crippen LogP contribution in [-0.4, -0.2) is 30.9 Å². The molecule has 7 heteroatoms. The van der Waals surface area contributed by atoms with Crippen molar-refractivity contribution in [2.45, 2.75) is 13.0 Å². The topological polar surface area (TPSA) is 102 Å². The molecule has 0 saturated heterocycles. The molecule has 1 heterocycles. The summed E-state index contributed by atoms with van der Waals surface area (Å²) in [6.45, 7) is 1.68. The molecule has 0 spiro atoms. The van der Waals surface area contributed by atoms with Crippen molar-refractivity contribution in [1.29, 1.82) is 0 Å². The van der Waals surface area contributed by atoms with Crippen LogP contribution in [0.3, 0.4) is 0 Å². The number of carbonyl (C=O) groups excluding carboxylic acids is 3. The Morgan fingerprint density at radius 2 is 1.76 bits per heavy atom. The van der Waals surface area contributed by atoms with E-state index in [2.05, 4.69) is 5.32 Å². The number of amides is 3. The maximum Gasteiger partial charge on any atom is 0.267 e. The normalized spacial score (nSPS) is 16.0. The van der Waals surface area contributed by atoms with Gasteiger partial charge in [0.25, 0.3) is 11.8 Å². The van der Waals surface area contributed by atoms with Crippen LogP contribution in [0.4, 0.5) is 11.4 Å². The second kappa shape index (κ2) is 6.27. The Labute approximate surface area is 144 Å². The molecule has 1 atom stereocenters. The van der Waals surface area contributed by atoms with Gasteiger partial charge in [-0.25, -0.2) is 0 Å². The molecule has 3 rings (SSSR count). The third kappa shape index (κ3) is 3.16. The minimum atomic E-state index is -0.555. The molecule has 128 valence electrons. The van der Waals surface area contributed by atoms with Crippen LogP contribution in [0, 0.1) is 0 Å². The molecule has 1 aliphatic heterocycles. The van der Waals surface area contributed by atoms with Gasteiger partial charge in [0.1, 0.15) is 5.75 Å². The molecule has 3 amide bonds. The number of hydrogen-bond donors (Lipinski definition) is 2. The van der Waals surface area contributed by atoms with Crippen LogP contribution in [0.5, 0.6) is 5.75 Å². The summed E-state index contributed by atoms with van der Waals surface area (Å²) in [5.74, 6) is -0.493. The fourth-order valence-electron chi connectivity index (χ4n) is 2.57. The summed E-state index contributed by atoms with van der Waals surface area (Å²) in [7, 11) is 1.64. The van der Waals surface area contributed by atoms with Gasteiger partial charge in [-0.05, 0) is 49.4 Å². The Hall–Kier alpha value is -3.35. The number of rotatable bonds is 3. The Bertz CT molecular complexity index is 861. The number of ether oxygens (including phenoxy) is 1. The van der Waals surface area contributed by atoms with Crippen molar-refractivity contribution in [3.05, 3.63) is 53.6 Å². The Morgan fingerprint density at radius 3 is 2.40 bits per heavy atom. The van der Waals surface area contributed by atoms with Crippen molar-refractivity contribution in [3.8, 4) is 5.75 Å². The first kappa shape index (κ1) is 16.5. The lowest BCUT2D eigenvalue weighted by Gasteiger charge is -2.30. The molecule has 0 saturated carbocycles. The zero-order valence-electron chi connectivity index (χ0n) is 13.8. The van der Waals surface area contributed by atoms with Gasteiger partial charge in [-0.2, -0.15) is 0 Å². The number of anilines is 2. The first-order valence-corrected chi connectivity index (χ1v) is 7.66. The molecule has 25 heavy (non-hydrogen) atoms. The lowest BCUT2D eigenvalue weighted by Crippen LogP contribution is -2.42. The largest absolute Gasteiger partial charge is 0.479 e. The number of primary amides is 1. The van der Waals surface area contributed by atoms with E-state index in [0.717, 1.165) is 0 Å². The SMILES string of the molecule is CC1Oc2ccc(C(=O)Nc3ccc(C(N)=O)cc3)cc2N(C)C1=O. The highest BCUT2D eigenvalue weighted by Gasteiger charge is 2.29. The van der Waals surface area contributed by atoms with E-state index in [0.29, 0.717) is 28.3 Å². The van der Waals surface area contributed by atoms with Crippen molar-refractivity contribution in [2.75, 3.05) is 17.3 Å². The number of likely N-dealkylation sites (N-methyl/N-ethyl adjacent to an activating group) is 1. The summed E-state index contributed by atoms with van der Waals surface area (Å²) in [5, 5.41) is 2.73. The third-order valence-electron chi connectivity index (χ3n) is 3.99. The van der Waals surface area contributed by atoms with Gasteiger partial charge in [-0.3, -0.25) is 14.4 Å². The third-order valence-corrected chi connectivity index (χ3v) is 3.99. The average molecular weight is 339 g/mol. The monoisotopic (exact) mass is 339 g/mol. The van der Waals surface area contributed by atoms with E-state index in [9.17, 15) is 14.4 Å². The van der Waals surface area contributed by atoms with Crippen LogP contribution in [0.2, 0.25) is 0 Å². The maximum absolute atomic E-state index is 12.4. The molecule has 1 unspecified atom stereocenters. The minimum absolute atomic E-state index is 0.174. The fourth-order valence-corrected chi connectivity index (χ4v) is 2.57. The average Bonchev–Trinajstić information content (AvgIpc) is 2.60. The summed E-state index contributed by atoms with van der Waals surface area (Å²) in [6, 6.07) is 11.2. The van der Waals surface area contributed by atoms with Crippen LogP contribution in [-0.2, 0) is 4.79 Å². The highest BCUT2D eigenvalue weighted by molar-refractivity contribution is 6.07. The maximum atomic E-state index is 12.4. The summed E-state index contributed by atoms with van der Waals surface area (Å²) in [6.07, 6.45) is -0.555. The van der Waals surface area contributed by atoms with Gasteiger partial charge in [0.15, 0.2) is 6.10 Å². The predicted molar refractivity (Wildman–Crippen MR) is 92.9 cm³/mol. The first-order valence-electron chi connectivity index (χ1n) is 7.66. The minimum Gasteiger partial charge on any atom is -0.479 e. The van der Waals surface area contributed by atoms with E-state index in [1.165, 1.54) is 17.0 Å². The van der Waals surface area contributed by atoms with Crippen molar-refractivity contribution >= 4 is 29.1 Å². The van der Waals surface area contributed by atoms with Crippen LogP contribution >= 0.6 is 0 Å². The standard InChI is InChI=1S/C18H17N3O4/c1-10-18(24)21(2)14-9-12(5-8-15(14)25-10)17(23)20-13-6-3-11(4-7-13)16(19)22/h3-10H,1-2H3,(H2,19,22)(H,20,23). The molecule has 0 radical (unpaired) electrons. The number of nitrogens with one attached hydrogen (secondary N) is 1. The van der Waals surface area contributed by atoms with Gasteiger partial charge in [0.2, 0.25) is 5.91 Å². The summed E-state index contributed by atoms with van der Waals surface area (Å²) in [4.78, 5) is 37.0. The number of carbonyl (C=O) groups is 3. The fraction of sp³-hybridized carbons (Fsp3) is 0.167. The number of fused-ring (bicyclic) bond motifs is 1. The van der Waals surface area contributed by atoms with Gasteiger partial charge in [-0.1, -0.05) is 0 Å². The lowest BCUT2D eigenvalue weighted by molar-refractivity contribution is -0.125. The van der Waals surface area contributed by atoms with Gasteiger partial charge in [0.05, 0.1) is 5.69 Å². The number of hydrogen-bond acceptors (Lipinski definition) is 4. The quantitative estimate of drug-likeness (QED) is 0.890. The van der Waals surface area contributed by atoms with Gasteiger partial charge in [-0.15, -0.1) is 0 Å². The van der Waals surface area contributed by atoms with E-state index in [1.807, 2.05) is 0 Å². The Kier molecular flexibility index (Phi) is 4.14. The molecule has 0 aromatic heterocycles. The Morgan fingerprint density at radius 1 is 1.12 bits per heavy atom. The van der Waals surface area contributed by atoms with Crippen molar-refractivity contribution in [3.63, 3.8) is 0 Å². The summed E-state index contributed by atoms with van der Waals surface area (Å²) >= 11 is 0. The highest BCUT2D eigenvalue weighted by atomic mass is 16.5. The van der Waals surface area contributed by atoms with Crippen LogP contribution in [0.1, 0.15) is 27.6 Å². The molecule has 0 bridgehead atoms. The second-order valence-electron chi connectivity index (χ2n) is 5.74. The molecule has 0 fully saturated rings. The Balaban J connectivity index is 1.81. The number of benzene rings is 2. The van der Waals surface area contributed by atoms with E-state index >= 15 is 0 Å². The lowest BCUT2D eigenvalue weighted by atomic mass is 10.1. The molecule has 3 N–H and O–H groups in total. The van der Waals surface area contributed by atoms with Crippen LogP contribution < -0.4 is 20.7 Å². The molecule has 1 aliphatic rings. The van der Waals surface area contributed by atoms with Crippen LogP contribution in [0.15, 0.2) is 42.5 Å². The number of nitrogens with two attached hydrogens (primary N) is 1. The highest BCUT2D eigenvalue weighted by Crippen LogP contribution is 2.34. The molecule has 2 aromatic carbocycles. The van der Waals surface area contributed by atoms with E-state index in [-0.39, 0.29) is 11.8 Å². The predicted octanol–water partition coefficient (Wildman–Crippen LogP) is 1.78. The van der Waals surface area contributed by atoms with Crippen molar-refractivity contribution in [1.82, 2.24) is 0 Å². The van der Waals surface area contributed by atoms with E-state index in [1.54, 1.807) is 44.3 Å². The molecule has 2 aromatic rings. The molecule has 7 nitrogen and oxygen atoms in total. The van der Waals surface area contributed by atoms with E-state index < -0.39 is 12.0 Å². The zero-order valence-corrected chi connectivity index (χ0v) is 13.8. The van der Waals surface area contributed by atoms with Gasteiger partial charge in [0, 0.05) is 23.9 Å². The van der Waals surface area contributed by atoms with E-state index in [4.69, 9.17) is 10.5 Å². The van der Waals surface area contributed by atoms with Crippen LogP contribution in [0.25, 0.3) is 0 Å². The summed E-state index contributed by atoms with van der Waals surface area (Å²) < 4.78 is 5.54. The molecular weight excluding hydrogens is 322 g/mol. The van der Waals surface area contributed by atoms with Crippen molar-refractivity contribution < 1.29 is 19.1 Å². The van der Waals surface area contributed by atoms with Crippen molar-refractivity contribution in [2.24, 2.45) is 5.73 Å². The number of nitrogens with zero attached hydrogens (tertiary/aromatic N) is 1. The molecule has 0 aliphatic carbocycles. The second-order valence-corrected chi connectivity index (χ2v) is 5.74. The van der Waals surface area contributed by atoms with Gasteiger partial charge < -0.3 is 20.7 Å². The smallest absolute Gasteiger partial charge is 0.267 e. The first-order chi connectivity index (χ1) is 11.9. The molecular formula is C18H17N3O4. The summed E-state index contributed by atoms with van der Waals surface area (Å²) in [5.41, 5.74) is 7.00. The zero-order chi connectivity index (χ0) is 18.1. The van der Waals surface area contributed by atoms with Gasteiger partial charge >= 0.3 is 0 Å².